The van der Waals surface area contributed by atoms with Crippen LogP contribution < -0.4 is 4.90 Å². The largest absolute Gasteiger partial charge is 0.378 e. The molecule has 2 heterocycles. The van der Waals surface area contributed by atoms with Crippen molar-refractivity contribution >= 4 is 23.2 Å². The summed E-state index contributed by atoms with van der Waals surface area (Å²) in [6, 6.07) is 15.5. The molecule has 0 radical (unpaired) electrons. The minimum atomic E-state index is -0.0571. The zero-order valence-corrected chi connectivity index (χ0v) is 16.6. The molecule has 1 fully saturated rings. The number of carbonyl (C=O) groups excluding carboxylic acids is 1. The highest BCUT2D eigenvalue weighted by Crippen LogP contribution is 2.29. The molecule has 1 saturated heterocycles. The van der Waals surface area contributed by atoms with E-state index < -0.39 is 0 Å². The Morgan fingerprint density at radius 1 is 1.14 bits per heavy atom. The van der Waals surface area contributed by atoms with Crippen molar-refractivity contribution in [1.29, 1.82) is 0 Å². The van der Waals surface area contributed by atoms with Crippen molar-refractivity contribution in [1.82, 2.24) is 15.0 Å². The van der Waals surface area contributed by atoms with Gasteiger partial charge >= 0.3 is 0 Å². The van der Waals surface area contributed by atoms with Gasteiger partial charge in [-0.25, -0.2) is 0 Å². The van der Waals surface area contributed by atoms with Crippen LogP contribution in [0.25, 0.3) is 11.5 Å². The average Bonchev–Trinajstić information content (AvgIpc) is 3.31. The van der Waals surface area contributed by atoms with Gasteiger partial charge in [-0.3, -0.25) is 4.79 Å². The average molecular weight is 397 g/mol. The zero-order valence-electron chi connectivity index (χ0n) is 15.8. The van der Waals surface area contributed by atoms with Crippen LogP contribution in [0.5, 0.6) is 0 Å². The Balaban J connectivity index is 1.45. The molecule has 6 nitrogen and oxygen atoms in total. The summed E-state index contributed by atoms with van der Waals surface area (Å²) in [5.74, 6) is 1.10. The van der Waals surface area contributed by atoms with Crippen molar-refractivity contribution in [3.8, 4) is 11.5 Å². The molecule has 0 aliphatic carbocycles. The van der Waals surface area contributed by atoms with Gasteiger partial charge in [0.15, 0.2) is 5.82 Å². The van der Waals surface area contributed by atoms with Gasteiger partial charge in [0.05, 0.1) is 0 Å². The van der Waals surface area contributed by atoms with Crippen LogP contribution in [0.4, 0.5) is 5.69 Å². The molecule has 7 heteroatoms. The van der Waals surface area contributed by atoms with Gasteiger partial charge in [0.25, 0.3) is 5.89 Å². The number of benzene rings is 2. The summed E-state index contributed by atoms with van der Waals surface area (Å²) in [5, 5.41) is 4.81. The lowest BCUT2D eigenvalue weighted by molar-refractivity contribution is -0.128. The number of anilines is 1. The molecular weight excluding hydrogens is 376 g/mol. The van der Waals surface area contributed by atoms with E-state index in [-0.39, 0.29) is 11.8 Å². The minimum absolute atomic E-state index is 0.0571. The van der Waals surface area contributed by atoms with Crippen molar-refractivity contribution in [2.75, 3.05) is 25.5 Å². The van der Waals surface area contributed by atoms with Crippen LogP contribution in [0, 0.1) is 0 Å². The summed E-state index contributed by atoms with van der Waals surface area (Å²) in [6.45, 7) is 1.14. The number of aromatic nitrogens is 2. The number of carbonyl (C=O) groups is 1. The topological polar surface area (TPSA) is 62.5 Å². The fourth-order valence-corrected chi connectivity index (χ4v) is 3.45. The molecule has 1 aliphatic rings. The Kier molecular flexibility index (Phi) is 5.05. The van der Waals surface area contributed by atoms with E-state index in [9.17, 15) is 4.79 Å². The molecule has 2 aromatic carbocycles. The highest BCUT2D eigenvalue weighted by atomic mass is 35.5. The molecule has 1 aliphatic heterocycles. The smallest absolute Gasteiger partial charge is 0.257 e. The van der Waals surface area contributed by atoms with Crippen LogP contribution in [-0.2, 0) is 11.3 Å². The van der Waals surface area contributed by atoms with Crippen LogP contribution in [0.1, 0.15) is 23.7 Å². The van der Waals surface area contributed by atoms with Gasteiger partial charge in [0.2, 0.25) is 5.91 Å². The quantitative estimate of drug-likeness (QED) is 0.653. The maximum Gasteiger partial charge on any atom is 0.257 e. The summed E-state index contributed by atoms with van der Waals surface area (Å²) in [4.78, 5) is 20.8. The van der Waals surface area contributed by atoms with Crippen LogP contribution >= 0.6 is 11.6 Å². The minimum Gasteiger partial charge on any atom is -0.378 e. The Morgan fingerprint density at radius 3 is 2.54 bits per heavy atom. The third-order valence-electron chi connectivity index (χ3n) is 4.94. The van der Waals surface area contributed by atoms with Gasteiger partial charge in [-0.2, -0.15) is 4.98 Å². The molecule has 0 spiro atoms. The van der Waals surface area contributed by atoms with Gasteiger partial charge in [-0.15, -0.1) is 0 Å². The molecule has 1 unspecified atom stereocenters. The highest BCUT2D eigenvalue weighted by molar-refractivity contribution is 6.30. The number of amides is 1. The lowest BCUT2D eigenvalue weighted by Gasteiger charge is -2.16. The summed E-state index contributed by atoms with van der Waals surface area (Å²) in [5.41, 5.74) is 3.02. The maximum atomic E-state index is 12.4. The van der Waals surface area contributed by atoms with Crippen molar-refractivity contribution in [3.05, 3.63) is 64.9 Å². The fraction of sp³-hybridized carbons (Fsp3) is 0.286. The van der Waals surface area contributed by atoms with E-state index in [4.69, 9.17) is 16.1 Å². The molecule has 4 rings (SSSR count). The number of likely N-dealkylation sites (tertiary alicyclic amines) is 1. The molecule has 0 bridgehead atoms. The first-order valence-electron chi connectivity index (χ1n) is 9.13. The van der Waals surface area contributed by atoms with E-state index in [1.54, 1.807) is 0 Å². The third-order valence-corrected chi connectivity index (χ3v) is 5.19. The molecule has 144 valence electrons. The molecule has 1 atom stereocenters. The van der Waals surface area contributed by atoms with Gasteiger partial charge in [0, 0.05) is 55.8 Å². The molecule has 0 saturated carbocycles. The second kappa shape index (κ2) is 7.64. The summed E-state index contributed by atoms with van der Waals surface area (Å²) < 4.78 is 5.45. The third kappa shape index (κ3) is 3.87. The second-order valence-corrected chi connectivity index (χ2v) is 7.64. The number of hydrogen-bond donors (Lipinski definition) is 0. The Bertz CT molecular complexity index is 967. The number of halogens is 1. The molecule has 0 N–H and O–H groups in total. The van der Waals surface area contributed by atoms with Gasteiger partial charge in [0.1, 0.15) is 0 Å². The lowest BCUT2D eigenvalue weighted by atomic mass is 10.1. The number of rotatable bonds is 5. The van der Waals surface area contributed by atoms with Gasteiger partial charge < -0.3 is 14.3 Å². The summed E-state index contributed by atoms with van der Waals surface area (Å²) in [7, 11) is 3.99. The van der Waals surface area contributed by atoms with Gasteiger partial charge in [-0.1, -0.05) is 28.9 Å². The monoisotopic (exact) mass is 396 g/mol. The fourth-order valence-electron chi connectivity index (χ4n) is 3.33. The summed E-state index contributed by atoms with van der Waals surface area (Å²) >= 11 is 5.93. The number of hydrogen-bond acceptors (Lipinski definition) is 5. The van der Waals surface area contributed by atoms with Gasteiger partial charge in [-0.05, 0) is 42.0 Å². The van der Waals surface area contributed by atoms with Crippen LogP contribution in [0.2, 0.25) is 5.02 Å². The van der Waals surface area contributed by atoms with Crippen LogP contribution in [0.3, 0.4) is 0 Å². The van der Waals surface area contributed by atoms with E-state index in [0.717, 1.165) is 16.8 Å². The summed E-state index contributed by atoms with van der Waals surface area (Å²) in [6.07, 6.45) is 0.395. The molecule has 1 amide bonds. The SMILES string of the molecule is CN(C)c1ccc(-c2nc(C3CC(=O)N(Cc4ccc(Cl)cc4)C3)no2)cc1. The van der Waals surface area contributed by atoms with E-state index in [2.05, 4.69) is 10.1 Å². The Hall–Kier alpha value is -2.86. The molecule has 1 aromatic heterocycles. The molecule has 3 aromatic rings. The van der Waals surface area contributed by atoms with E-state index in [0.29, 0.717) is 36.2 Å². The second-order valence-electron chi connectivity index (χ2n) is 7.20. The first kappa shape index (κ1) is 18.5. The Morgan fingerprint density at radius 2 is 1.86 bits per heavy atom. The van der Waals surface area contributed by atoms with E-state index in [1.807, 2.05) is 72.4 Å². The maximum absolute atomic E-state index is 12.4. The van der Waals surface area contributed by atoms with E-state index >= 15 is 0 Å². The van der Waals surface area contributed by atoms with Crippen LogP contribution in [0.15, 0.2) is 53.1 Å². The number of nitrogens with zero attached hydrogens (tertiary/aromatic N) is 4. The standard InChI is InChI=1S/C21H21ClN4O2/c1-25(2)18-9-5-15(6-10-18)21-23-20(24-28-21)16-11-19(27)26(13-16)12-14-3-7-17(22)8-4-14/h3-10,16H,11-13H2,1-2H3. The molecule has 28 heavy (non-hydrogen) atoms. The van der Waals surface area contributed by atoms with Crippen molar-refractivity contribution in [2.24, 2.45) is 0 Å². The zero-order chi connectivity index (χ0) is 19.7. The predicted octanol–water partition coefficient (Wildman–Crippen LogP) is 3.97. The normalized spacial score (nSPS) is 16.6. The predicted molar refractivity (Wildman–Crippen MR) is 108 cm³/mol. The van der Waals surface area contributed by atoms with Crippen molar-refractivity contribution < 1.29 is 9.32 Å². The van der Waals surface area contributed by atoms with Crippen LogP contribution in [-0.4, -0.2) is 41.6 Å². The van der Waals surface area contributed by atoms with Crippen molar-refractivity contribution in [2.45, 2.75) is 18.9 Å². The van der Waals surface area contributed by atoms with E-state index in [1.165, 1.54) is 0 Å². The highest BCUT2D eigenvalue weighted by Gasteiger charge is 2.33. The Labute approximate surface area is 168 Å². The lowest BCUT2D eigenvalue weighted by Crippen LogP contribution is -2.24. The first-order chi connectivity index (χ1) is 13.5. The first-order valence-corrected chi connectivity index (χ1v) is 9.51. The van der Waals surface area contributed by atoms with Crippen molar-refractivity contribution in [3.63, 3.8) is 0 Å². The molecular formula is C21H21ClN4O2.